The highest BCUT2D eigenvalue weighted by Crippen LogP contribution is 2.40. The number of hydrogen-bond acceptors (Lipinski definition) is 7. The molecule has 1 saturated heterocycles. The van der Waals surface area contributed by atoms with E-state index in [2.05, 4.69) is 27.3 Å². The molecule has 188 valence electrons. The van der Waals surface area contributed by atoms with Crippen LogP contribution in [0.15, 0.2) is 30.6 Å². The van der Waals surface area contributed by atoms with Crippen LogP contribution in [0.3, 0.4) is 0 Å². The van der Waals surface area contributed by atoms with Crippen LogP contribution in [0.25, 0.3) is 15.8 Å². The van der Waals surface area contributed by atoms with Crippen molar-refractivity contribution in [3.05, 3.63) is 63.4 Å². The van der Waals surface area contributed by atoms with Gasteiger partial charge in [-0.3, -0.25) is 24.6 Å². The number of aromatic nitrogens is 2. The molecule has 1 aromatic carbocycles. The molecule has 3 aromatic rings. The van der Waals surface area contributed by atoms with Gasteiger partial charge in [0.25, 0.3) is 5.91 Å². The maximum atomic E-state index is 13.0. The first kappa shape index (κ1) is 22.7. The molecule has 1 fully saturated rings. The van der Waals surface area contributed by atoms with E-state index in [1.807, 2.05) is 23.5 Å². The van der Waals surface area contributed by atoms with Gasteiger partial charge in [-0.1, -0.05) is 18.2 Å². The fraction of sp³-hybridized carbons (Fsp3) is 0.393. The molecule has 8 nitrogen and oxygen atoms in total. The van der Waals surface area contributed by atoms with Crippen molar-refractivity contribution in [2.75, 3.05) is 13.1 Å². The number of thiophene rings is 1. The van der Waals surface area contributed by atoms with Gasteiger partial charge in [-0.25, -0.2) is 9.97 Å². The molecule has 1 atom stereocenters. The van der Waals surface area contributed by atoms with Crippen LogP contribution in [0.5, 0.6) is 0 Å². The molecular weight excluding hydrogens is 486 g/mol. The smallest absolute Gasteiger partial charge is 0.255 e. The summed E-state index contributed by atoms with van der Waals surface area (Å²) in [5.74, 6) is -0.769. The van der Waals surface area contributed by atoms with Crippen molar-refractivity contribution in [1.29, 1.82) is 0 Å². The summed E-state index contributed by atoms with van der Waals surface area (Å²) < 4.78 is 0. The summed E-state index contributed by atoms with van der Waals surface area (Å²) in [6.07, 6.45) is 9.15. The summed E-state index contributed by atoms with van der Waals surface area (Å²) >= 11 is 1.83. The Morgan fingerprint density at radius 2 is 2.00 bits per heavy atom. The minimum atomic E-state index is -0.579. The zero-order valence-corrected chi connectivity index (χ0v) is 21.3. The van der Waals surface area contributed by atoms with Gasteiger partial charge in [-0.2, -0.15) is 0 Å². The number of benzene rings is 1. The Morgan fingerprint density at radius 1 is 1.08 bits per heavy atom. The second-order valence-corrected chi connectivity index (χ2v) is 11.4. The molecule has 9 heteroatoms. The molecule has 37 heavy (non-hydrogen) atoms. The van der Waals surface area contributed by atoms with Gasteiger partial charge in [0.1, 0.15) is 17.2 Å². The van der Waals surface area contributed by atoms with Crippen LogP contribution in [-0.4, -0.2) is 56.6 Å². The maximum Gasteiger partial charge on any atom is 0.255 e. The minimum absolute atomic E-state index is 0.127. The highest BCUT2D eigenvalue weighted by atomic mass is 32.1. The van der Waals surface area contributed by atoms with Crippen molar-refractivity contribution < 1.29 is 14.4 Å². The maximum absolute atomic E-state index is 13.0. The predicted octanol–water partition coefficient (Wildman–Crippen LogP) is 3.23. The molecule has 3 aliphatic heterocycles. The van der Waals surface area contributed by atoms with E-state index in [1.54, 1.807) is 11.2 Å². The number of imide groups is 1. The lowest BCUT2D eigenvalue weighted by Gasteiger charge is -2.29. The molecule has 1 unspecified atom stereocenters. The average molecular weight is 514 g/mol. The number of hydrogen-bond donors (Lipinski definition) is 1. The highest BCUT2D eigenvalue weighted by molar-refractivity contribution is 7.18. The van der Waals surface area contributed by atoms with Gasteiger partial charge >= 0.3 is 0 Å². The van der Waals surface area contributed by atoms with Crippen molar-refractivity contribution in [2.45, 2.75) is 57.7 Å². The summed E-state index contributed by atoms with van der Waals surface area (Å²) in [6, 6.07) is 5.43. The number of nitrogens with one attached hydrogen (secondary N) is 1. The number of carbonyl (C=O) groups is 3. The number of amides is 3. The van der Waals surface area contributed by atoms with E-state index in [9.17, 15) is 14.4 Å². The van der Waals surface area contributed by atoms with Gasteiger partial charge in [0.2, 0.25) is 11.8 Å². The molecule has 1 aliphatic carbocycles. The largest absolute Gasteiger partial charge is 0.322 e. The van der Waals surface area contributed by atoms with E-state index in [4.69, 9.17) is 4.98 Å². The number of piperidine rings is 1. The van der Waals surface area contributed by atoms with Crippen LogP contribution < -0.4 is 5.32 Å². The predicted molar refractivity (Wildman–Crippen MR) is 140 cm³/mol. The Morgan fingerprint density at radius 3 is 2.84 bits per heavy atom. The summed E-state index contributed by atoms with van der Waals surface area (Å²) in [5.41, 5.74) is 6.68. The van der Waals surface area contributed by atoms with Gasteiger partial charge in [-0.15, -0.1) is 11.3 Å². The van der Waals surface area contributed by atoms with E-state index in [-0.39, 0.29) is 24.1 Å². The van der Waals surface area contributed by atoms with Crippen LogP contribution >= 0.6 is 11.3 Å². The summed E-state index contributed by atoms with van der Waals surface area (Å²) in [4.78, 5) is 52.7. The Balaban J connectivity index is 1.06. The number of carbonyl (C=O) groups excluding carboxylic acids is 3. The Hall–Kier alpha value is -3.43. The van der Waals surface area contributed by atoms with Crippen LogP contribution in [0, 0.1) is 0 Å². The average Bonchev–Trinajstić information content (AvgIpc) is 3.58. The first-order valence-electron chi connectivity index (χ1n) is 13.0. The van der Waals surface area contributed by atoms with Gasteiger partial charge in [0.15, 0.2) is 0 Å². The third-order valence-corrected chi connectivity index (χ3v) is 9.29. The molecule has 0 bridgehead atoms. The summed E-state index contributed by atoms with van der Waals surface area (Å²) in [5, 5.41) is 3.64. The quantitative estimate of drug-likeness (QED) is 0.539. The van der Waals surface area contributed by atoms with Crippen LogP contribution in [-0.2, 0) is 35.5 Å². The van der Waals surface area contributed by atoms with E-state index in [0.29, 0.717) is 18.5 Å². The van der Waals surface area contributed by atoms with Crippen LogP contribution in [0.2, 0.25) is 0 Å². The topological polar surface area (TPSA) is 95.5 Å². The van der Waals surface area contributed by atoms with E-state index >= 15 is 0 Å². The summed E-state index contributed by atoms with van der Waals surface area (Å²) in [6.45, 7) is 3.01. The number of rotatable bonds is 4. The van der Waals surface area contributed by atoms with Crippen molar-refractivity contribution in [3.63, 3.8) is 0 Å². The fourth-order valence-corrected chi connectivity index (χ4v) is 7.46. The minimum Gasteiger partial charge on any atom is -0.322 e. The lowest BCUT2D eigenvalue weighted by Crippen LogP contribution is -2.52. The Labute approximate surface area is 218 Å². The van der Waals surface area contributed by atoms with Crippen molar-refractivity contribution in [1.82, 2.24) is 25.1 Å². The molecule has 0 radical (unpaired) electrons. The molecular formula is C28H27N5O3S. The molecule has 0 spiro atoms. The fourth-order valence-electron chi connectivity index (χ4n) is 6.23. The third kappa shape index (κ3) is 3.88. The molecule has 7 rings (SSSR count). The first-order valence-corrected chi connectivity index (χ1v) is 13.8. The zero-order chi connectivity index (χ0) is 25.1. The Kier molecular flexibility index (Phi) is 5.44. The highest BCUT2D eigenvalue weighted by Gasteiger charge is 2.39. The number of fused-ring (bicyclic) bond motifs is 4. The van der Waals surface area contributed by atoms with Crippen LogP contribution in [0.4, 0.5) is 0 Å². The molecule has 2 aromatic heterocycles. The second-order valence-electron chi connectivity index (χ2n) is 10.4. The molecule has 0 saturated carbocycles. The Bertz CT molecular complexity index is 1510. The van der Waals surface area contributed by atoms with Crippen molar-refractivity contribution in [2.24, 2.45) is 0 Å². The summed E-state index contributed by atoms with van der Waals surface area (Å²) in [7, 11) is 0. The van der Waals surface area contributed by atoms with Crippen LogP contribution in [0.1, 0.15) is 63.3 Å². The number of nitrogens with zero attached hydrogens (tertiary/aromatic N) is 4. The van der Waals surface area contributed by atoms with Crippen molar-refractivity contribution in [3.8, 4) is 0 Å². The van der Waals surface area contributed by atoms with Gasteiger partial charge in [0.05, 0.1) is 5.69 Å². The molecule has 4 aliphatic rings. The van der Waals surface area contributed by atoms with E-state index < -0.39 is 6.04 Å². The lowest BCUT2D eigenvalue weighted by molar-refractivity contribution is -0.136. The normalized spacial score (nSPS) is 21.8. The van der Waals surface area contributed by atoms with Gasteiger partial charge in [0, 0.05) is 48.4 Å². The van der Waals surface area contributed by atoms with Gasteiger partial charge in [-0.05, 0) is 60.4 Å². The van der Waals surface area contributed by atoms with Gasteiger partial charge < -0.3 is 4.90 Å². The first-order chi connectivity index (χ1) is 18.0. The van der Waals surface area contributed by atoms with Crippen molar-refractivity contribution >= 4 is 44.8 Å². The molecule has 1 N–H and O–H groups in total. The lowest BCUT2D eigenvalue weighted by atomic mass is 9.99. The third-order valence-electron chi connectivity index (χ3n) is 8.09. The monoisotopic (exact) mass is 513 g/mol. The number of aryl methyl sites for hydroxylation is 2. The molecule has 3 amide bonds. The SMILES string of the molecule is O=C1CCC(N2Cc3cc(CN4CC=C(c5ncnc6sc7c(c56)CCC7)CC4)ccc3C2=O)C(=O)N1. The van der Waals surface area contributed by atoms with E-state index in [1.165, 1.54) is 34.2 Å². The second kappa shape index (κ2) is 8.85. The standard InChI is InChI=1S/C28H27N5O3S/c34-23-7-6-21(26(35)31-23)33-14-18-12-16(4-5-19(18)28(33)36)13-32-10-8-17(9-11-32)25-24-20-2-1-3-22(20)37-27(24)30-15-29-25/h4-5,8,12,15,21H,1-3,6-7,9-11,13-14H2,(H,31,34,35). The zero-order valence-electron chi connectivity index (χ0n) is 20.5. The van der Waals surface area contributed by atoms with E-state index in [0.717, 1.165) is 54.1 Å². The molecule has 5 heterocycles.